The topological polar surface area (TPSA) is 39.4 Å². The highest BCUT2D eigenvalue weighted by atomic mass is 16.5. The monoisotopic (exact) mass is 312 g/mol. The fourth-order valence-corrected chi connectivity index (χ4v) is 3.51. The van der Waals surface area contributed by atoms with E-state index in [0.29, 0.717) is 5.92 Å². The van der Waals surface area contributed by atoms with Crippen molar-refractivity contribution in [2.75, 3.05) is 0 Å². The molecule has 3 nitrogen and oxygen atoms in total. The molecule has 3 atom stereocenters. The lowest BCUT2D eigenvalue weighted by molar-refractivity contribution is -0.140. The second kappa shape index (κ2) is 5.88. The molecule has 3 heteroatoms. The van der Waals surface area contributed by atoms with Crippen molar-refractivity contribution in [1.29, 1.82) is 0 Å². The highest BCUT2D eigenvalue weighted by Crippen LogP contribution is 2.38. The maximum Gasteiger partial charge on any atom is 0.334 e. The zero-order valence-electron chi connectivity index (χ0n) is 14.1. The average molecular weight is 312 g/mol. The van der Waals surface area contributed by atoms with Gasteiger partial charge in [0.05, 0.1) is 5.92 Å². The highest BCUT2D eigenvalue weighted by Gasteiger charge is 2.36. The predicted molar refractivity (Wildman–Crippen MR) is 90.2 cm³/mol. The molecule has 0 aliphatic carbocycles. The molecule has 0 unspecified atom stereocenters. The molecule has 3 heterocycles. The molecule has 4 bridgehead atoms. The number of carbonyl (C=O) groups is 1. The van der Waals surface area contributed by atoms with Gasteiger partial charge in [0, 0.05) is 12.0 Å². The number of hydrogen-bond donors (Lipinski definition) is 0. The first-order valence-electron chi connectivity index (χ1n) is 8.18. The van der Waals surface area contributed by atoms with Crippen molar-refractivity contribution in [3.63, 3.8) is 0 Å². The molecule has 0 spiro atoms. The maximum absolute atomic E-state index is 12.2. The minimum absolute atomic E-state index is 0.120. The fourth-order valence-electron chi connectivity index (χ4n) is 3.51. The lowest BCUT2D eigenvalue weighted by Crippen LogP contribution is -2.19. The van der Waals surface area contributed by atoms with Crippen molar-refractivity contribution >= 4 is 5.97 Å². The quantitative estimate of drug-likeness (QED) is 0.590. The lowest BCUT2D eigenvalue weighted by atomic mass is 9.88. The van der Waals surface area contributed by atoms with Crippen molar-refractivity contribution < 1.29 is 13.9 Å². The fraction of sp³-hybridized carbons (Fsp3) is 0.450. The Morgan fingerprint density at radius 3 is 2.65 bits per heavy atom. The molecule has 0 N–H and O–H groups in total. The Kier molecular flexibility index (Phi) is 4.05. The summed E-state index contributed by atoms with van der Waals surface area (Å²) < 4.78 is 11.8. The minimum atomic E-state index is -0.310. The van der Waals surface area contributed by atoms with Gasteiger partial charge in [0.25, 0.3) is 0 Å². The van der Waals surface area contributed by atoms with Gasteiger partial charge in [-0.05, 0) is 57.2 Å². The van der Waals surface area contributed by atoms with E-state index < -0.39 is 0 Å². The van der Waals surface area contributed by atoms with E-state index in [1.807, 2.05) is 19.9 Å². The minimum Gasteiger partial charge on any atom is -0.465 e. The van der Waals surface area contributed by atoms with Gasteiger partial charge >= 0.3 is 5.97 Å². The summed E-state index contributed by atoms with van der Waals surface area (Å²) in [5.74, 6) is 1.83. The summed E-state index contributed by atoms with van der Waals surface area (Å²) in [7, 11) is 0. The first kappa shape index (κ1) is 15.9. The highest BCUT2D eigenvalue weighted by molar-refractivity contribution is 5.91. The van der Waals surface area contributed by atoms with Crippen LogP contribution in [0.3, 0.4) is 0 Å². The molecule has 1 aromatic heterocycles. The zero-order chi connectivity index (χ0) is 16.7. The predicted octanol–water partition coefficient (Wildman–Crippen LogP) is 4.63. The van der Waals surface area contributed by atoms with Crippen molar-refractivity contribution in [2.24, 2.45) is 5.92 Å². The summed E-state index contributed by atoms with van der Waals surface area (Å²) in [6, 6.07) is 2.06. The normalized spacial score (nSPS) is 27.0. The summed E-state index contributed by atoms with van der Waals surface area (Å²) >= 11 is 0. The van der Waals surface area contributed by atoms with E-state index in [1.54, 1.807) is 0 Å². The van der Waals surface area contributed by atoms with E-state index in [0.717, 1.165) is 53.1 Å². The second-order valence-corrected chi connectivity index (χ2v) is 6.93. The van der Waals surface area contributed by atoms with Gasteiger partial charge in [-0.1, -0.05) is 24.3 Å². The Hall–Kier alpha value is -2.03. The van der Waals surface area contributed by atoms with Crippen LogP contribution >= 0.6 is 0 Å². The largest absolute Gasteiger partial charge is 0.465 e. The van der Waals surface area contributed by atoms with E-state index in [2.05, 4.69) is 26.1 Å². The maximum atomic E-state index is 12.2. The number of furan rings is 1. The van der Waals surface area contributed by atoms with Gasteiger partial charge in [0.15, 0.2) is 0 Å². The van der Waals surface area contributed by atoms with Gasteiger partial charge in [-0.2, -0.15) is 0 Å². The molecule has 0 aromatic carbocycles. The Morgan fingerprint density at radius 2 is 2.00 bits per heavy atom. The summed E-state index contributed by atoms with van der Waals surface area (Å²) in [5, 5.41) is 0. The number of fused-ring (bicyclic) bond motifs is 3. The van der Waals surface area contributed by atoms with Gasteiger partial charge in [0.2, 0.25) is 0 Å². The number of aryl methyl sites for hydroxylation is 1. The molecule has 122 valence electrons. The van der Waals surface area contributed by atoms with Crippen LogP contribution in [0.25, 0.3) is 0 Å². The van der Waals surface area contributed by atoms with Crippen LogP contribution in [0.5, 0.6) is 0 Å². The van der Waals surface area contributed by atoms with Gasteiger partial charge in [-0.3, -0.25) is 0 Å². The van der Waals surface area contributed by atoms with Crippen LogP contribution < -0.4 is 0 Å². The summed E-state index contributed by atoms with van der Waals surface area (Å²) in [6.07, 6.45) is 4.09. The van der Waals surface area contributed by atoms with Gasteiger partial charge < -0.3 is 9.15 Å². The average Bonchev–Trinajstić information content (AvgIpc) is 2.96. The van der Waals surface area contributed by atoms with Crippen LogP contribution in [0.4, 0.5) is 0 Å². The Labute approximate surface area is 137 Å². The molecule has 0 saturated carbocycles. The second-order valence-electron chi connectivity index (χ2n) is 6.93. The number of allylic oxidation sites excluding steroid dienone is 1. The van der Waals surface area contributed by atoms with Crippen molar-refractivity contribution in [3.8, 4) is 0 Å². The molecule has 2 aliphatic heterocycles. The molecule has 23 heavy (non-hydrogen) atoms. The molecule has 0 radical (unpaired) electrons. The first-order chi connectivity index (χ1) is 10.9. The van der Waals surface area contributed by atoms with Crippen LogP contribution in [0.2, 0.25) is 0 Å². The Bertz CT molecular complexity index is 704. The Balaban J connectivity index is 2.08. The van der Waals surface area contributed by atoms with Gasteiger partial charge in [-0.25, -0.2) is 4.79 Å². The third-order valence-corrected chi connectivity index (χ3v) is 4.97. The molecule has 2 aliphatic rings. The van der Waals surface area contributed by atoms with E-state index in [-0.39, 0.29) is 18.0 Å². The van der Waals surface area contributed by atoms with E-state index in [4.69, 9.17) is 9.15 Å². The first-order valence-corrected chi connectivity index (χ1v) is 8.18. The lowest BCUT2D eigenvalue weighted by Gasteiger charge is -2.20. The summed E-state index contributed by atoms with van der Waals surface area (Å²) in [6.45, 7) is 14.3. The van der Waals surface area contributed by atoms with E-state index >= 15 is 0 Å². The molecule has 0 amide bonds. The zero-order valence-corrected chi connectivity index (χ0v) is 14.1. The summed E-state index contributed by atoms with van der Waals surface area (Å²) in [4.78, 5) is 12.2. The molecule has 1 aromatic rings. The van der Waals surface area contributed by atoms with Gasteiger partial charge in [0.1, 0.15) is 17.6 Å². The molecule has 3 rings (SSSR count). The summed E-state index contributed by atoms with van der Waals surface area (Å²) in [5.41, 5.74) is 3.99. The van der Waals surface area contributed by atoms with Crippen molar-refractivity contribution in [1.82, 2.24) is 0 Å². The third kappa shape index (κ3) is 2.92. The van der Waals surface area contributed by atoms with Crippen molar-refractivity contribution in [3.05, 3.63) is 59.1 Å². The number of ether oxygens (including phenoxy) is 1. The van der Waals surface area contributed by atoms with Crippen molar-refractivity contribution in [2.45, 2.75) is 52.1 Å². The van der Waals surface area contributed by atoms with Crippen LogP contribution in [0, 0.1) is 12.8 Å². The third-order valence-electron chi connectivity index (χ3n) is 4.97. The smallest absolute Gasteiger partial charge is 0.334 e. The van der Waals surface area contributed by atoms with Crippen LogP contribution in [0.1, 0.15) is 49.7 Å². The van der Waals surface area contributed by atoms with E-state index in [1.165, 1.54) is 0 Å². The number of carbonyl (C=O) groups excluding carboxylic acids is 1. The van der Waals surface area contributed by atoms with Gasteiger partial charge in [-0.15, -0.1) is 0 Å². The molecular formula is C20H24O3. The van der Waals surface area contributed by atoms with E-state index in [9.17, 15) is 4.79 Å². The Morgan fingerprint density at radius 1 is 1.26 bits per heavy atom. The van der Waals surface area contributed by atoms with Crippen LogP contribution in [-0.4, -0.2) is 12.1 Å². The number of esters is 1. The molecule has 0 fully saturated rings. The molecule has 0 saturated heterocycles. The standard InChI is InChI=1S/C20H24O3/c1-11(2)14-6-7-15-10-18(23-20(15)21)19(12(3)4)17-8-13(5)16(9-14)22-17/h8,10,14,18-19H,1,3,6-7,9H2,2,4-5H3/t14-,18-,19+/m0/s1. The molecular weight excluding hydrogens is 288 g/mol. The number of rotatable bonds is 2. The SMILES string of the molecule is C=C(C)[C@H]1CCC2=C[C@H](OC2=O)[C@H](C(=C)C)c2cc(C)c(o2)C1. The van der Waals surface area contributed by atoms with Crippen LogP contribution in [0.15, 0.2) is 46.4 Å². The van der Waals surface area contributed by atoms with Crippen LogP contribution in [-0.2, 0) is 16.0 Å². The number of hydrogen-bond acceptors (Lipinski definition) is 3.